The number of aromatic nitrogens is 2. The molecule has 1 fully saturated rings. The fourth-order valence-corrected chi connectivity index (χ4v) is 6.22. The quantitative estimate of drug-likeness (QED) is 0.501. The molecular weight excluding hydrogens is 488 g/mol. The number of nitrogens with zero attached hydrogens (tertiary/aromatic N) is 3. The molecule has 36 heavy (non-hydrogen) atoms. The maximum absolute atomic E-state index is 13.9. The monoisotopic (exact) mass is 515 g/mol. The molecule has 3 aromatic rings. The zero-order valence-electron chi connectivity index (χ0n) is 19.7. The number of alkyl halides is 2. The lowest BCUT2D eigenvalue weighted by Gasteiger charge is -2.32. The number of hydrogen-bond acceptors (Lipinski definition) is 5. The Balaban J connectivity index is 1.37. The molecule has 2 aliphatic rings. The van der Waals surface area contributed by atoms with Crippen LogP contribution in [0.4, 0.5) is 20.3 Å². The van der Waals surface area contributed by atoms with Gasteiger partial charge in [-0.3, -0.25) is 4.79 Å². The molecule has 0 aliphatic carbocycles. The summed E-state index contributed by atoms with van der Waals surface area (Å²) in [5.41, 5.74) is 2.42. The van der Waals surface area contributed by atoms with E-state index < -0.39 is 34.4 Å². The minimum Gasteiger partial charge on any atom is -0.363 e. The van der Waals surface area contributed by atoms with Gasteiger partial charge in [0.2, 0.25) is 10.0 Å². The van der Waals surface area contributed by atoms with Gasteiger partial charge in [-0.15, -0.1) is 0 Å². The van der Waals surface area contributed by atoms with Gasteiger partial charge < -0.3 is 10.6 Å². The molecule has 2 N–H and O–H groups in total. The summed E-state index contributed by atoms with van der Waals surface area (Å²) in [6.45, 7) is 2.96. The Labute approximate surface area is 208 Å². The molecule has 2 atom stereocenters. The number of anilines is 2. The van der Waals surface area contributed by atoms with E-state index in [2.05, 4.69) is 15.7 Å². The third-order valence-electron chi connectivity index (χ3n) is 6.73. The number of nitrogens with one attached hydrogen (secondary N) is 2. The number of rotatable bonds is 6. The van der Waals surface area contributed by atoms with Crippen molar-refractivity contribution < 1.29 is 22.0 Å². The molecule has 0 saturated carbocycles. The number of halogens is 2. The Kier molecular flexibility index (Phi) is 6.52. The van der Waals surface area contributed by atoms with E-state index in [1.165, 1.54) is 39.4 Å². The molecule has 11 heteroatoms. The number of benzene rings is 2. The fourth-order valence-electron chi connectivity index (χ4n) is 4.70. The number of aryl methyl sites for hydroxylation is 1. The van der Waals surface area contributed by atoms with Crippen LogP contribution in [0.1, 0.15) is 52.8 Å². The highest BCUT2D eigenvalue weighted by Crippen LogP contribution is 2.39. The summed E-state index contributed by atoms with van der Waals surface area (Å²) in [4.78, 5) is 13.2. The van der Waals surface area contributed by atoms with Gasteiger partial charge in [0.25, 0.3) is 12.3 Å². The van der Waals surface area contributed by atoms with Gasteiger partial charge in [0.1, 0.15) is 17.4 Å². The predicted molar refractivity (Wildman–Crippen MR) is 132 cm³/mol. The molecule has 8 nitrogen and oxygen atoms in total. The molecule has 2 aromatic carbocycles. The van der Waals surface area contributed by atoms with E-state index in [4.69, 9.17) is 0 Å². The Morgan fingerprint density at radius 3 is 2.39 bits per heavy atom. The molecule has 190 valence electrons. The number of carbonyl (C=O) groups is 1. The topological polar surface area (TPSA) is 96.3 Å². The Bertz CT molecular complexity index is 1350. The molecule has 0 unspecified atom stereocenters. The Morgan fingerprint density at radius 2 is 1.75 bits per heavy atom. The highest BCUT2D eigenvalue weighted by molar-refractivity contribution is 7.89. The first kappa shape index (κ1) is 24.4. The maximum Gasteiger partial charge on any atom is 0.261 e. The summed E-state index contributed by atoms with van der Waals surface area (Å²) in [7, 11) is -3.56. The van der Waals surface area contributed by atoms with Crippen LogP contribution in [0, 0.1) is 6.92 Å². The third-order valence-corrected chi connectivity index (χ3v) is 8.64. The molecule has 1 amide bonds. The van der Waals surface area contributed by atoms with Gasteiger partial charge in [-0.05, 0) is 56.0 Å². The Morgan fingerprint density at radius 1 is 1.08 bits per heavy atom. The zero-order chi connectivity index (χ0) is 25.4. The van der Waals surface area contributed by atoms with Crippen molar-refractivity contribution in [2.75, 3.05) is 23.7 Å². The van der Waals surface area contributed by atoms with Crippen LogP contribution in [0.3, 0.4) is 0 Å². The van der Waals surface area contributed by atoms with Gasteiger partial charge in [0, 0.05) is 18.8 Å². The predicted octanol–water partition coefficient (Wildman–Crippen LogP) is 4.59. The Hall–Kier alpha value is -3.31. The second-order valence-corrected chi connectivity index (χ2v) is 11.1. The van der Waals surface area contributed by atoms with Gasteiger partial charge in [-0.1, -0.05) is 29.8 Å². The van der Waals surface area contributed by atoms with Crippen molar-refractivity contribution in [1.82, 2.24) is 14.1 Å². The van der Waals surface area contributed by atoms with Crippen LogP contribution in [-0.2, 0) is 10.0 Å². The van der Waals surface area contributed by atoms with E-state index in [1.54, 1.807) is 0 Å². The van der Waals surface area contributed by atoms with Gasteiger partial charge in [0.05, 0.1) is 17.1 Å². The summed E-state index contributed by atoms with van der Waals surface area (Å²) in [6, 6.07) is 12.0. The van der Waals surface area contributed by atoms with E-state index in [1.807, 2.05) is 31.2 Å². The largest absolute Gasteiger partial charge is 0.363 e. The minimum atomic E-state index is -3.56. The van der Waals surface area contributed by atoms with Gasteiger partial charge >= 0.3 is 0 Å². The maximum atomic E-state index is 13.9. The van der Waals surface area contributed by atoms with Crippen molar-refractivity contribution in [3.05, 3.63) is 71.4 Å². The van der Waals surface area contributed by atoms with Gasteiger partial charge in [-0.25, -0.2) is 21.9 Å². The van der Waals surface area contributed by atoms with E-state index in [-0.39, 0.29) is 22.7 Å². The van der Waals surface area contributed by atoms with Crippen molar-refractivity contribution in [2.45, 2.75) is 49.6 Å². The molecule has 1 saturated heterocycles. The van der Waals surface area contributed by atoms with Crippen LogP contribution in [0.5, 0.6) is 0 Å². The number of amides is 1. The van der Waals surface area contributed by atoms with E-state index >= 15 is 0 Å². The summed E-state index contributed by atoms with van der Waals surface area (Å²) >= 11 is 0. The smallest absolute Gasteiger partial charge is 0.261 e. The molecule has 0 spiro atoms. The van der Waals surface area contributed by atoms with Crippen LogP contribution < -0.4 is 10.6 Å². The van der Waals surface area contributed by atoms with Crippen molar-refractivity contribution in [1.29, 1.82) is 0 Å². The van der Waals surface area contributed by atoms with Crippen molar-refractivity contribution in [3.8, 4) is 0 Å². The van der Waals surface area contributed by atoms with Crippen LogP contribution in [0.2, 0.25) is 0 Å². The SMILES string of the molecule is Cc1ccc([C@H]2C[C@H](C(F)F)n3ncc(C(=O)Nc4ccc(S(=O)(=O)N5CCCC5)cc4)c3N2)cc1. The summed E-state index contributed by atoms with van der Waals surface area (Å²) in [5, 5.41) is 10.0. The van der Waals surface area contributed by atoms with Crippen LogP contribution >= 0.6 is 0 Å². The molecule has 0 bridgehead atoms. The molecule has 2 aliphatic heterocycles. The van der Waals surface area contributed by atoms with E-state index in [0.717, 1.165) is 24.0 Å². The van der Waals surface area contributed by atoms with Crippen molar-refractivity contribution in [2.24, 2.45) is 0 Å². The number of fused-ring (bicyclic) bond motifs is 1. The normalized spacial score (nSPS) is 20.2. The second-order valence-electron chi connectivity index (χ2n) is 9.19. The molecule has 5 rings (SSSR count). The lowest BCUT2D eigenvalue weighted by atomic mass is 9.96. The van der Waals surface area contributed by atoms with Crippen LogP contribution in [0.15, 0.2) is 59.6 Å². The molecule has 3 heterocycles. The highest BCUT2D eigenvalue weighted by Gasteiger charge is 2.36. The zero-order valence-corrected chi connectivity index (χ0v) is 20.5. The average molecular weight is 516 g/mol. The summed E-state index contributed by atoms with van der Waals surface area (Å²) < 4.78 is 55.9. The van der Waals surface area contributed by atoms with Gasteiger partial charge in [-0.2, -0.15) is 9.40 Å². The first-order valence-electron chi connectivity index (χ1n) is 11.8. The number of sulfonamides is 1. The third kappa shape index (κ3) is 4.60. The average Bonchev–Trinajstić information content (AvgIpc) is 3.55. The first-order chi connectivity index (χ1) is 17.2. The van der Waals surface area contributed by atoms with Crippen molar-refractivity contribution >= 4 is 27.4 Å². The summed E-state index contributed by atoms with van der Waals surface area (Å²) in [6.07, 6.45) is 0.434. The van der Waals surface area contributed by atoms with Crippen LogP contribution in [-0.4, -0.2) is 47.9 Å². The lowest BCUT2D eigenvalue weighted by Crippen LogP contribution is -2.31. The number of hydrogen-bond donors (Lipinski definition) is 2. The molecule has 1 aromatic heterocycles. The van der Waals surface area contributed by atoms with E-state index in [0.29, 0.717) is 18.8 Å². The van der Waals surface area contributed by atoms with Gasteiger partial charge in [0.15, 0.2) is 0 Å². The summed E-state index contributed by atoms with van der Waals surface area (Å²) in [5.74, 6) is -0.306. The number of carbonyl (C=O) groups excluding carboxylic acids is 1. The highest BCUT2D eigenvalue weighted by atomic mass is 32.2. The standard InChI is InChI=1S/C25H27F2N5O3S/c1-16-4-6-17(7-5-16)21-14-22(23(26)27)32-24(30-21)20(15-28-32)25(33)29-18-8-10-19(11-9-18)36(34,35)31-12-2-3-13-31/h4-11,15,21-23,30H,2-3,12-14H2,1H3,(H,29,33)/t21-,22-/m1/s1. The molecule has 0 radical (unpaired) electrons. The van der Waals surface area contributed by atoms with Crippen LogP contribution in [0.25, 0.3) is 0 Å². The second kappa shape index (κ2) is 9.62. The van der Waals surface area contributed by atoms with Crippen molar-refractivity contribution in [3.63, 3.8) is 0 Å². The minimum absolute atomic E-state index is 0.128. The van der Waals surface area contributed by atoms with E-state index in [9.17, 15) is 22.0 Å². The molecular formula is C25H27F2N5O3S. The first-order valence-corrected chi connectivity index (χ1v) is 13.3. The fraction of sp³-hybridized carbons (Fsp3) is 0.360. The lowest BCUT2D eigenvalue weighted by molar-refractivity contribution is 0.0657.